The second-order valence-electron chi connectivity index (χ2n) is 3.57. The normalized spacial score (nSPS) is 11.2. The molecule has 2 heterocycles. The smallest absolute Gasteiger partial charge is 0.133 e. The van der Waals surface area contributed by atoms with E-state index in [9.17, 15) is 0 Å². The Morgan fingerprint density at radius 3 is 3.06 bits per heavy atom. The molecule has 0 spiro atoms. The van der Waals surface area contributed by atoms with Crippen LogP contribution < -0.4 is 0 Å². The lowest BCUT2D eigenvalue weighted by Gasteiger charge is -2.12. The Balaban J connectivity index is 2.03. The first-order chi connectivity index (χ1) is 7.79. The minimum Gasteiger partial charge on any atom is -0.395 e. The molecular formula is C11H14N2OS2. The number of rotatable bonds is 5. The van der Waals surface area contributed by atoms with Crippen molar-refractivity contribution >= 4 is 22.7 Å². The summed E-state index contributed by atoms with van der Waals surface area (Å²) in [6.45, 7) is 1.75. The molecule has 1 N–H and O–H groups in total. The predicted octanol–water partition coefficient (Wildman–Crippen LogP) is 2.30. The van der Waals surface area contributed by atoms with E-state index in [0.717, 1.165) is 11.6 Å². The van der Waals surface area contributed by atoms with E-state index in [1.165, 1.54) is 9.75 Å². The Hall–Kier alpha value is -0.750. The van der Waals surface area contributed by atoms with Gasteiger partial charge in [-0.05, 0) is 18.5 Å². The van der Waals surface area contributed by atoms with Crippen molar-refractivity contribution in [3.8, 4) is 9.88 Å². The molecule has 3 nitrogen and oxygen atoms in total. The Labute approximate surface area is 103 Å². The lowest BCUT2D eigenvalue weighted by atomic mass is 10.4. The topological polar surface area (TPSA) is 36.4 Å². The monoisotopic (exact) mass is 254 g/mol. The molecule has 0 saturated heterocycles. The van der Waals surface area contributed by atoms with Crippen molar-refractivity contribution in [3.05, 3.63) is 28.6 Å². The maximum atomic E-state index is 8.82. The molecule has 0 aromatic carbocycles. The van der Waals surface area contributed by atoms with Crippen LogP contribution in [0.4, 0.5) is 0 Å². The quantitative estimate of drug-likeness (QED) is 0.889. The second-order valence-corrected chi connectivity index (χ2v) is 5.63. The summed E-state index contributed by atoms with van der Waals surface area (Å²) in [6, 6.07) is 4.13. The van der Waals surface area contributed by atoms with Crippen LogP contribution in [0.1, 0.15) is 4.88 Å². The van der Waals surface area contributed by atoms with Crippen LogP contribution >= 0.6 is 22.7 Å². The molecule has 0 bridgehead atoms. The summed E-state index contributed by atoms with van der Waals surface area (Å²) in [5.41, 5.74) is 0. The van der Waals surface area contributed by atoms with Gasteiger partial charge in [-0.1, -0.05) is 6.07 Å². The van der Waals surface area contributed by atoms with Gasteiger partial charge in [0, 0.05) is 24.2 Å². The molecule has 0 amide bonds. The summed E-state index contributed by atoms with van der Waals surface area (Å²) in [5.74, 6) is 0. The van der Waals surface area contributed by atoms with Crippen molar-refractivity contribution in [3.63, 3.8) is 0 Å². The number of nitrogens with zero attached hydrogens (tertiary/aromatic N) is 2. The van der Waals surface area contributed by atoms with E-state index in [1.807, 2.05) is 19.3 Å². The van der Waals surface area contributed by atoms with Gasteiger partial charge in [0.1, 0.15) is 5.01 Å². The molecule has 0 unspecified atom stereocenters. The first-order valence-corrected chi connectivity index (χ1v) is 6.77. The van der Waals surface area contributed by atoms with E-state index in [-0.39, 0.29) is 6.61 Å². The highest BCUT2D eigenvalue weighted by molar-refractivity contribution is 7.20. The molecule has 0 aliphatic carbocycles. The number of aromatic nitrogens is 1. The zero-order valence-electron chi connectivity index (χ0n) is 9.09. The molecule has 2 aromatic rings. The van der Waals surface area contributed by atoms with E-state index < -0.39 is 0 Å². The maximum Gasteiger partial charge on any atom is 0.133 e. The molecule has 0 fully saturated rings. The summed E-state index contributed by atoms with van der Waals surface area (Å²) in [6.07, 6.45) is 1.92. The van der Waals surface area contributed by atoms with Gasteiger partial charge >= 0.3 is 0 Å². The Morgan fingerprint density at radius 2 is 2.38 bits per heavy atom. The lowest BCUT2D eigenvalue weighted by Crippen LogP contribution is -2.20. The number of aliphatic hydroxyl groups is 1. The van der Waals surface area contributed by atoms with Gasteiger partial charge in [0.25, 0.3) is 0 Å². The van der Waals surface area contributed by atoms with Crippen molar-refractivity contribution < 1.29 is 5.11 Å². The van der Waals surface area contributed by atoms with Crippen LogP contribution in [-0.2, 0) is 6.54 Å². The maximum absolute atomic E-state index is 8.82. The highest BCUT2D eigenvalue weighted by Gasteiger charge is 2.07. The van der Waals surface area contributed by atoms with Crippen LogP contribution in [0.2, 0.25) is 0 Å². The third-order valence-electron chi connectivity index (χ3n) is 2.19. The number of likely N-dealkylation sites (N-methyl/N-ethyl adjacent to an activating group) is 1. The molecular weight excluding hydrogens is 240 g/mol. The van der Waals surface area contributed by atoms with Crippen LogP contribution in [0, 0.1) is 0 Å². The van der Waals surface area contributed by atoms with Crippen molar-refractivity contribution in [1.29, 1.82) is 0 Å². The van der Waals surface area contributed by atoms with Crippen LogP contribution in [0.3, 0.4) is 0 Å². The van der Waals surface area contributed by atoms with Crippen LogP contribution in [-0.4, -0.2) is 35.2 Å². The number of hydrogen-bond donors (Lipinski definition) is 1. The molecule has 0 aliphatic heterocycles. The minimum atomic E-state index is 0.201. The molecule has 2 aromatic heterocycles. The molecule has 0 atom stereocenters. The Kier molecular flexibility index (Phi) is 4.06. The molecule has 0 aliphatic rings. The van der Waals surface area contributed by atoms with Gasteiger partial charge in [0.05, 0.1) is 11.5 Å². The zero-order valence-corrected chi connectivity index (χ0v) is 10.7. The SMILES string of the molecule is CN(CCO)Cc1cnc(-c2cccs2)s1. The first kappa shape index (κ1) is 11.7. The minimum absolute atomic E-state index is 0.201. The van der Waals surface area contributed by atoms with Crippen molar-refractivity contribution in [2.75, 3.05) is 20.2 Å². The van der Waals surface area contributed by atoms with Gasteiger partial charge in [-0.2, -0.15) is 0 Å². The molecule has 5 heteroatoms. The lowest BCUT2D eigenvalue weighted by molar-refractivity contribution is 0.218. The second kappa shape index (κ2) is 5.54. The van der Waals surface area contributed by atoms with E-state index in [2.05, 4.69) is 21.3 Å². The van der Waals surface area contributed by atoms with Gasteiger partial charge in [-0.15, -0.1) is 22.7 Å². The summed E-state index contributed by atoms with van der Waals surface area (Å²) < 4.78 is 0. The molecule has 2 rings (SSSR count). The van der Waals surface area contributed by atoms with E-state index in [1.54, 1.807) is 22.7 Å². The summed E-state index contributed by atoms with van der Waals surface area (Å²) in [4.78, 5) is 8.96. The van der Waals surface area contributed by atoms with Gasteiger partial charge < -0.3 is 5.11 Å². The molecule has 0 radical (unpaired) electrons. The first-order valence-electron chi connectivity index (χ1n) is 5.07. The van der Waals surface area contributed by atoms with E-state index in [0.29, 0.717) is 6.54 Å². The Bertz CT molecular complexity index is 425. The molecule has 0 saturated carbocycles. The standard InChI is InChI=1S/C11H14N2OS2/c1-13(4-5-14)8-9-7-12-11(16-9)10-3-2-6-15-10/h2-3,6-7,14H,4-5,8H2,1H3. The highest BCUT2D eigenvalue weighted by atomic mass is 32.1. The van der Waals surface area contributed by atoms with E-state index in [4.69, 9.17) is 5.11 Å². The van der Waals surface area contributed by atoms with Crippen molar-refractivity contribution in [2.24, 2.45) is 0 Å². The van der Waals surface area contributed by atoms with Crippen molar-refractivity contribution in [1.82, 2.24) is 9.88 Å². The van der Waals surface area contributed by atoms with Gasteiger partial charge in [0.15, 0.2) is 0 Å². The van der Waals surface area contributed by atoms with Crippen LogP contribution in [0.5, 0.6) is 0 Å². The fourth-order valence-electron chi connectivity index (χ4n) is 1.41. The average molecular weight is 254 g/mol. The molecule has 86 valence electrons. The number of aliphatic hydroxyl groups excluding tert-OH is 1. The fraction of sp³-hybridized carbons (Fsp3) is 0.364. The molecule has 16 heavy (non-hydrogen) atoms. The average Bonchev–Trinajstić information content (AvgIpc) is 2.86. The van der Waals surface area contributed by atoms with E-state index >= 15 is 0 Å². The predicted molar refractivity (Wildman–Crippen MR) is 68.8 cm³/mol. The number of thiophene rings is 1. The number of thiazole rings is 1. The fourth-order valence-corrected chi connectivity index (χ4v) is 3.21. The van der Waals surface area contributed by atoms with Crippen LogP contribution in [0.15, 0.2) is 23.7 Å². The van der Waals surface area contributed by atoms with Crippen LogP contribution in [0.25, 0.3) is 9.88 Å². The summed E-state index contributed by atoms with van der Waals surface area (Å²) in [5, 5.41) is 12.0. The van der Waals surface area contributed by atoms with Crippen molar-refractivity contribution in [2.45, 2.75) is 6.54 Å². The largest absolute Gasteiger partial charge is 0.395 e. The number of hydrogen-bond acceptors (Lipinski definition) is 5. The van der Waals surface area contributed by atoms with Gasteiger partial charge in [-0.3, -0.25) is 4.90 Å². The van der Waals surface area contributed by atoms with Gasteiger partial charge in [0.2, 0.25) is 0 Å². The summed E-state index contributed by atoms with van der Waals surface area (Å²) >= 11 is 3.43. The zero-order chi connectivity index (χ0) is 11.4. The summed E-state index contributed by atoms with van der Waals surface area (Å²) in [7, 11) is 2.00. The third kappa shape index (κ3) is 2.89. The Morgan fingerprint density at radius 1 is 1.50 bits per heavy atom. The third-order valence-corrected chi connectivity index (χ3v) is 4.21. The van der Waals surface area contributed by atoms with Gasteiger partial charge in [-0.25, -0.2) is 4.98 Å². The highest BCUT2D eigenvalue weighted by Crippen LogP contribution is 2.29.